The Morgan fingerprint density at radius 3 is 2.57 bits per heavy atom. The first kappa shape index (κ1) is 22.6. The molecule has 0 aromatic heterocycles. The molecule has 0 atom stereocenters. The van der Waals surface area contributed by atoms with E-state index in [-0.39, 0.29) is 17.2 Å². The zero-order valence-corrected chi connectivity index (χ0v) is 18.9. The molecule has 1 fully saturated rings. The van der Waals surface area contributed by atoms with Crippen LogP contribution in [0.4, 0.5) is 5.69 Å². The lowest BCUT2D eigenvalue weighted by molar-refractivity contribution is -0.116. The standard InChI is InChI=1S/C22H27ClN2O4S/c1-16-6-8-18(23)15-20(16)24-22(26)11-7-17-14-19(9-10-21(17)29-2)30(27,28)25-12-4-3-5-13-25/h6,8-10,14-15H,3-5,7,11-13H2,1-2H3,(H,24,26). The van der Waals surface area contributed by atoms with E-state index in [2.05, 4.69) is 5.32 Å². The van der Waals surface area contributed by atoms with Crippen LogP contribution in [0.2, 0.25) is 5.02 Å². The second kappa shape index (κ2) is 9.81. The van der Waals surface area contributed by atoms with E-state index in [1.165, 1.54) is 11.4 Å². The van der Waals surface area contributed by atoms with Crippen molar-refractivity contribution in [3.63, 3.8) is 0 Å². The number of hydrogen-bond donors (Lipinski definition) is 1. The van der Waals surface area contributed by atoms with E-state index < -0.39 is 10.0 Å². The van der Waals surface area contributed by atoms with Crippen LogP contribution in [0.3, 0.4) is 0 Å². The first-order chi connectivity index (χ1) is 14.3. The molecule has 6 nitrogen and oxygen atoms in total. The van der Waals surface area contributed by atoms with E-state index in [1.807, 2.05) is 13.0 Å². The Morgan fingerprint density at radius 1 is 1.13 bits per heavy atom. The summed E-state index contributed by atoms with van der Waals surface area (Å²) >= 11 is 6.01. The van der Waals surface area contributed by atoms with Crippen molar-refractivity contribution < 1.29 is 17.9 Å². The second-order valence-corrected chi connectivity index (χ2v) is 9.82. The molecule has 8 heteroatoms. The van der Waals surface area contributed by atoms with Crippen LogP contribution in [-0.4, -0.2) is 38.8 Å². The molecule has 162 valence electrons. The summed E-state index contributed by atoms with van der Waals surface area (Å²) in [7, 11) is -2.01. The summed E-state index contributed by atoms with van der Waals surface area (Å²) in [5.74, 6) is 0.394. The molecule has 1 amide bonds. The number of piperidine rings is 1. The fourth-order valence-corrected chi connectivity index (χ4v) is 5.30. The van der Waals surface area contributed by atoms with E-state index in [0.29, 0.717) is 41.5 Å². The molecule has 1 N–H and O–H groups in total. The Kier molecular flexibility index (Phi) is 7.39. The molecule has 0 radical (unpaired) electrons. The van der Waals surface area contributed by atoms with Gasteiger partial charge in [0.2, 0.25) is 15.9 Å². The highest BCUT2D eigenvalue weighted by atomic mass is 35.5. The maximum Gasteiger partial charge on any atom is 0.243 e. The Bertz CT molecular complexity index is 1020. The second-order valence-electron chi connectivity index (χ2n) is 7.45. The van der Waals surface area contributed by atoms with Gasteiger partial charge in [0.05, 0.1) is 12.0 Å². The number of ether oxygens (including phenoxy) is 1. The number of halogens is 1. The SMILES string of the molecule is COc1ccc(S(=O)(=O)N2CCCCC2)cc1CCC(=O)Nc1cc(Cl)ccc1C. The third-order valence-electron chi connectivity index (χ3n) is 5.30. The molecule has 0 bridgehead atoms. The Balaban J connectivity index is 1.74. The van der Waals surface area contributed by atoms with Crippen LogP contribution >= 0.6 is 11.6 Å². The summed E-state index contributed by atoms with van der Waals surface area (Å²) in [6.07, 6.45) is 3.37. The first-order valence-corrected chi connectivity index (χ1v) is 11.9. The van der Waals surface area contributed by atoms with E-state index in [1.54, 1.807) is 30.3 Å². The third-order valence-corrected chi connectivity index (χ3v) is 7.43. The van der Waals surface area contributed by atoms with Gasteiger partial charge in [0.1, 0.15) is 5.75 Å². The molecule has 0 unspecified atom stereocenters. The smallest absolute Gasteiger partial charge is 0.243 e. The monoisotopic (exact) mass is 450 g/mol. The zero-order valence-electron chi connectivity index (χ0n) is 17.3. The summed E-state index contributed by atoms with van der Waals surface area (Å²) in [5, 5.41) is 3.41. The molecule has 1 aliphatic heterocycles. The Morgan fingerprint density at radius 2 is 1.87 bits per heavy atom. The number of nitrogens with one attached hydrogen (secondary N) is 1. The molecule has 1 aliphatic rings. The van der Waals surface area contributed by atoms with Crippen molar-refractivity contribution in [2.24, 2.45) is 0 Å². The molecule has 0 spiro atoms. The lowest BCUT2D eigenvalue weighted by atomic mass is 10.1. The highest BCUT2D eigenvalue weighted by molar-refractivity contribution is 7.89. The molecule has 2 aromatic rings. The lowest BCUT2D eigenvalue weighted by Crippen LogP contribution is -2.35. The molecule has 3 rings (SSSR count). The van der Waals surface area contributed by atoms with Crippen molar-refractivity contribution in [3.05, 3.63) is 52.5 Å². The number of benzene rings is 2. The fraction of sp³-hybridized carbons (Fsp3) is 0.409. The molecular weight excluding hydrogens is 424 g/mol. The van der Waals surface area contributed by atoms with Crippen LogP contribution in [0.15, 0.2) is 41.3 Å². The van der Waals surface area contributed by atoms with Crippen LogP contribution < -0.4 is 10.1 Å². The number of nitrogens with zero attached hydrogens (tertiary/aromatic N) is 1. The van der Waals surface area contributed by atoms with Crippen molar-refractivity contribution in [1.29, 1.82) is 0 Å². The van der Waals surface area contributed by atoms with Crippen molar-refractivity contribution in [3.8, 4) is 5.75 Å². The number of rotatable bonds is 7. The number of carbonyl (C=O) groups is 1. The number of sulfonamides is 1. The van der Waals surface area contributed by atoms with Gasteiger partial charge in [0, 0.05) is 30.2 Å². The summed E-state index contributed by atoms with van der Waals surface area (Å²) in [6, 6.07) is 10.2. The minimum Gasteiger partial charge on any atom is -0.496 e. The normalized spacial score (nSPS) is 15.0. The number of methoxy groups -OCH3 is 1. The van der Waals surface area contributed by atoms with Gasteiger partial charge in [-0.25, -0.2) is 8.42 Å². The van der Waals surface area contributed by atoms with E-state index in [0.717, 1.165) is 24.8 Å². The van der Waals surface area contributed by atoms with Gasteiger partial charge in [0.25, 0.3) is 0 Å². The van der Waals surface area contributed by atoms with E-state index in [9.17, 15) is 13.2 Å². The van der Waals surface area contributed by atoms with Crippen molar-refractivity contribution in [2.45, 2.75) is 43.9 Å². The number of carbonyl (C=O) groups excluding carboxylic acids is 1. The predicted molar refractivity (Wildman–Crippen MR) is 119 cm³/mol. The van der Waals surface area contributed by atoms with Crippen LogP contribution in [-0.2, 0) is 21.2 Å². The quantitative estimate of drug-likeness (QED) is 0.678. The van der Waals surface area contributed by atoms with Gasteiger partial charge in [-0.2, -0.15) is 4.31 Å². The van der Waals surface area contributed by atoms with Gasteiger partial charge in [-0.05, 0) is 67.6 Å². The molecule has 30 heavy (non-hydrogen) atoms. The Labute approximate surface area is 183 Å². The topological polar surface area (TPSA) is 75.7 Å². The van der Waals surface area contributed by atoms with Crippen molar-refractivity contribution >= 4 is 33.2 Å². The van der Waals surface area contributed by atoms with Gasteiger partial charge in [-0.3, -0.25) is 4.79 Å². The van der Waals surface area contributed by atoms with Crippen molar-refractivity contribution in [2.75, 3.05) is 25.5 Å². The molecule has 0 aliphatic carbocycles. The van der Waals surface area contributed by atoms with Crippen LogP contribution in [0.1, 0.15) is 36.8 Å². The molecular formula is C22H27ClN2O4S. The summed E-state index contributed by atoms with van der Waals surface area (Å²) in [6.45, 7) is 2.99. The largest absolute Gasteiger partial charge is 0.496 e. The molecule has 1 saturated heterocycles. The highest BCUT2D eigenvalue weighted by Crippen LogP contribution is 2.27. The summed E-state index contributed by atoms with van der Waals surface area (Å²) < 4.78 is 32.9. The first-order valence-electron chi connectivity index (χ1n) is 10.0. The van der Waals surface area contributed by atoms with Gasteiger partial charge >= 0.3 is 0 Å². The minimum absolute atomic E-state index is 0.174. The van der Waals surface area contributed by atoms with Crippen LogP contribution in [0.25, 0.3) is 0 Å². The van der Waals surface area contributed by atoms with Gasteiger partial charge in [0.15, 0.2) is 0 Å². The van der Waals surface area contributed by atoms with E-state index in [4.69, 9.17) is 16.3 Å². The van der Waals surface area contributed by atoms with Crippen molar-refractivity contribution in [1.82, 2.24) is 4.31 Å². The number of amides is 1. The van der Waals surface area contributed by atoms with Gasteiger partial charge in [-0.1, -0.05) is 24.1 Å². The summed E-state index contributed by atoms with van der Waals surface area (Å²) in [5.41, 5.74) is 2.27. The fourth-order valence-electron chi connectivity index (χ4n) is 3.55. The number of aryl methyl sites for hydroxylation is 2. The van der Waals surface area contributed by atoms with E-state index >= 15 is 0 Å². The predicted octanol–water partition coefficient (Wildman–Crippen LogP) is 4.40. The van der Waals surface area contributed by atoms with Crippen LogP contribution in [0.5, 0.6) is 5.75 Å². The molecule has 0 saturated carbocycles. The number of hydrogen-bond acceptors (Lipinski definition) is 4. The highest BCUT2D eigenvalue weighted by Gasteiger charge is 2.26. The Hall–Kier alpha value is -2.09. The zero-order chi connectivity index (χ0) is 21.7. The molecule has 2 aromatic carbocycles. The maximum atomic E-state index is 13.0. The minimum atomic E-state index is -3.54. The van der Waals surface area contributed by atoms with Crippen LogP contribution in [0, 0.1) is 6.92 Å². The summed E-state index contributed by atoms with van der Waals surface area (Å²) in [4.78, 5) is 12.7. The van der Waals surface area contributed by atoms with Gasteiger partial charge in [-0.15, -0.1) is 0 Å². The van der Waals surface area contributed by atoms with Gasteiger partial charge < -0.3 is 10.1 Å². The maximum absolute atomic E-state index is 13.0. The average Bonchev–Trinajstić information content (AvgIpc) is 2.75. The average molecular weight is 451 g/mol. The third kappa shape index (κ3) is 5.33. The number of anilines is 1. The lowest BCUT2D eigenvalue weighted by Gasteiger charge is -2.26. The molecule has 1 heterocycles.